The van der Waals surface area contributed by atoms with Crippen molar-refractivity contribution in [3.05, 3.63) is 29.8 Å². The molecule has 6 heteroatoms. The molecule has 1 saturated carbocycles. The number of nitrogens with two attached hydrogens (primary N) is 1. The van der Waals surface area contributed by atoms with Crippen LogP contribution in [0.1, 0.15) is 50.6 Å². The van der Waals surface area contributed by atoms with E-state index in [-0.39, 0.29) is 12.1 Å². The van der Waals surface area contributed by atoms with Crippen molar-refractivity contribution >= 4 is 17.7 Å². The molecule has 120 valence electrons. The van der Waals surface area contributed by atoms with Gasteiger partial charge in [-0.1, -0.05) is 31.4 Å². The fourth-order valence-corrected chi connectivity index (χ4v) is 2.75. The highest BCUT2D eigenvalue weighted by Gasteiger charge is 2.17. The zero-order valence-corrected chi connectivity index (χ0v) is 12.9. The molecular formula is C16H24N4O2. The van der Waals surface area contributed by atoms with Crippen LogP contribution in [0.25, 0.3) is 0 Å². The smallest absolute Gasteiger partial charge is 0.316 e. The zero-order valence-electron chi connectivity index (χ0n) is 12.9. The Kier molecular flexibility index (Phi) is 5.63. The number of anilines is 1. The predicted molar refractivity (Wildman–Crippen MR) is 86.6 cm³/mol. The van der Waals surface area contributed by atoms with Gasteiger partial charge in [0.25, 0.3) is 0 Å². The maximum atomic E-state index is 12.0. The molecule has 5 N–H and O–H groups in total. The molecule has 1 atom stereocenters. The van der Waals surface area contributed by atoms with Crippen LogP contribution in [-0.4, -0.2) is 18.1 Å². The van der Waals surface area contributed by atoms with Gasteiger partial charge in [0.2, 0.25) is 0 Å². The summed E-state index contributed by atoms with van der Waals surface area (Å²) in [5.41, 5.74) is 6.66. The van der Waals surface area contributed by atoms with Crippen LogP contribution in [0.2, 0.25) is 0 Å². The van der Waals surface area contributed by atoms with Gasteiger partial charge in [-0.05, 0) is 37.5 Å². The van der Waals surface area contributed by atoms with Gasteiger partial charge in [-0.25, -0.2) is 9.59 Å². The van der Waals surface area contributed by atoms with Crippen LogP contribution in [0.3, 0.4) is 0 Å². The largest absolute Gasteiger partial charge is 0.351 e. The molecule has 22 heavy (non-hydrogen) atoms. The van der Waals surface area contributed by atoms with E-state index in [0.29, 0.717) is 11.7 Å². The first-order valence-corrected chi connectivity index (χ1v) is 7.78. The van der Waals surface area contributed by atoms with Crippen LogP contribution < -0.4 is 21.7 Å². The Morgan fingerprint density at radius 3 is 2.36 bits per heavy atom. The molecule has 4 amide bonds. The zero-order chi connectivity index (χ0) is 15.9. The quantitative estimate of drug-likeness (QED) is 0.688. The second-order valence-corrected chi connectivity index (χ2v) is 5.79. The van der Waals surface area contributed by atoms with Gasteiger partial charge in [0, 0.05) is 11.7 Å². The molecule has 0 bridgehead atoms. The summed E-state index contributed by atoms with van der Waals surface area (Å²) in [5, 5.41) is 8.48. The third kappa shape index (κ3) is 4.95. The van der Waals surface area contributed by atoms with E-state index in [9.17, 15) is 9.59 Å². The van der Waals surface area contributed by atoms with Gasteiger partial charge in [0.05, 0.1) is 6.04 Å². The lowest BCUT2D eigenvalue weighted by atomic mass is 9.96. The lowest BCUT2D eigenvalue weighted by Gasteiger charge is -2.24. The normalized spacial score (nSPS) is 16.6. The van der Waals surface area contributed by atoms with Gasteiger partial charge in [-0.3, -0.25) is 0 Å². The van der Waals surface area contributed by atoms with E-state index in [0.717, 1.165) is 18.4 Å². The Morgan fingerprint density at radius 2 is 1.77 bits per heavy atom. The van der Waals surface area contributed by atoms with Crippen molar-refractivity contribution in [3.8, 4) is 0 Å². The van der Waals surface area contributed by atoms with E-state index in [1.165, 1.54) is 19.3 Å². The molecule has 1 aromatic carbocycles. The summed E-state index contributed by atoms with van der Waals surface area (Å²) < 4.78 is 0. The maximum absolute atomic E-state index is 12.0. The van der Waals surface area contributed by atoms with Crippen molar-refractivity contribution in [1.29, 1.82) is 0 Å². The van der Waals surface area contributed by atoms with E-state index >= 15 is 0 Å². The van der Waals surface area contributed by atoms with Crippen LogP contribution in [0.5, 0.6) is 0 Å². The van der Waals surface area contributed by atoms with Crippen LogP contribution in [-0.2, 0) is 0 Å². The molecule has 0 heterocycles. The van der Waals surface area contributed by atoms with E-state index in [1.54, 1.807) is 12.1 Å². The lowest BCUT2D eigenvalue weighted by molar-refractivity contribution is 0.229. The van der Waals surface area contributed by atoms with Crippen molar-refractivity contribution in [1.82, 2.24) is 10.6 Å². The summed E-state index contributed by atoms with van der Waals surface area (Å²) in [5.74, 6) is 0. The fourth-order valence-electron chi connectivity index (χ4n) is 2.75. The molecule has 0 aliphatic heterocycles. The number of benzene rings is 1. The van der Waals surface area contributed by atoms with Gasteiger partial charge < -0.3 is 21.7 Å². The number of hydrogen-bond donors (Lipinski definition) is 4. The summed E-state index contributed by atoms with van der Waals surface area (Å²) in [7, 11) is 0. The number of carbonyl (C=O) groups excluding carboxylic acids is 2. The minimum Gasteiger partial charge on any atom is -0.351 e. The van der Waals surface area contributed by atoms with Crippen LogP contribution in [0, 0.1) is 0 Å². The number of carbonyl (C=O) groups is 2. The number of amides is 4. The Labute approximate surface area is 130 Å². The van der Waals surface area contributed by atoms with E-state index in [1.807, 2.05) is 19.1 Å². The number of primary amides is 1. The van der Waals surface area contributed by atoms with Gasteiger partial charge in [0.15, 0.2) is 0 Å². The Bertz CT molecular complexity index is 509. The number of urea groups is 2. The van der Waals surface area contributed by atoms with Gasteiger partial charge >= 0.3 is 12.1 Å². The summed E-state index contributed by atoms with van der Waals surface area (Å²) >= 11 is 0. The fraction of sp³-hybridized carbons (Fsp3) is 0.500. The standard InChI is InChI=1S/C16H24N4O2/c1-11(12-7-9-14(10-8-12)19-15(17)21)18-16(22)20-13-5-3-2-4-6-13/h7-11,13H,2-6H2,1H3,(H3,17,19,21)(H2,18,20,22)/t11-/m0/s1. The van der Waals surface area contributed by atoms with Gasteiger partial charge in [-0.2, -0.15) is 0 Å². The molecule has 6 nitrogen and oxygen atoms in total. The average Bonchev–Trinajstić information content (AvgIpc) is 2.48. The highest BCUT2D eigenvalue weighted by atomic mass is 16.2. The summed E-state index contributed by atoms with van der Waals surface area (Å²) in [6.45, 7) is 1.93. The molecule has 2 rings (SSSR count). The Hall–Kier alpha value is -2.24. The number of nitrogens with one attached hydrogen (secondary N) is 3. The van der Waals surface area contributed by atoms with E-state index in [2.05, 4.69) is 16.0 Å². The van der Waals surface area contributed by atoms with Crippen molar-refractivity contribution in [2.24, 2.45) is 5.73 Å². The number of hydrogen-bond acceptors (Lipinski definition) is 2. The lowest BCUT2D eigenvalue weighted by Crippen LogP contribution is -2.43. The molecule has 0 radical (unpaired) electrons. The number of rotatable bonds is 4. The predicted octanol–water partition coefficient (Wildman–Crippen LogP) is 2.87. The van der Waals surface area contributed by atoms with E-state index in [4.69, 9.17) is 5.73 Å². The molecule has 1 aromatic rings. The topological polar surface area (TPSA) is 96.2 Å². The molecular weight excluding hydrogens is 280 g/mol. The van der Waals surface area contributed by atoms with Crippen LogP contribution in [0.4, 0.5) is 15.3 Å². The molecule has 0 spiro atoms. The second-order valence-electron chi connectivity index (χ2n) is 5.79. The maximum Gasteiger partial charge on any atom is 0.316 e. The molecule has 1 aliphatic carbocycles. The third-order valence-corrected chi connectivity index (χ3v) is 3.97. The highest BCUT2D eigenvalue weighted by Crippen LogP contribution is 2.18. The van der Waals surface area contributed by atoms with Gasteiger partial charge in [-0.15, -0.1) is 0 Å². The molecule has 0 unspecified atom stereocenters. The first kappa shape index (κ1) is 16.1. The Morgan fingerprint density at radius 1 is 1.14 bits per heavy atom. The molecule has 1 aliphatic rings. The minimum atomic E-state index is -0.592. The van der Waals surface area contributed by atoms with Gasteiger partial charge in [0.1, 0.15) is 0 Å². The van der Waals surface area contributed by atoms with Crippen molar-refractivity contribution in [2.75, 3.05) is 5.32 Å². The minimum absolute atomic E-state index is 0.105. The molecule has 0 aromatic heterocycles. The highest BCUT2D eigenvalue weighted by molar-refractivity contribution is 5.87. The van der Waals surface area contributed by atoms with Crippen molar-refractivity contribution < 1.29 is 9.59 Å². The Balaban J connectivity index is 1.83. The average molecular weight is 304 g/mol. The molecule has 1 fully saturated rings. The van der Waals surface area contributed by atoms with Crippen LogP contribution >= 0.6 is 0 Å². The summed E-state index contributed by atoms with van der Waals surface area (Å²) in [6.07, 6.45) is 5.77. The second kappa shape index (κ2) is 7.68. The van der Waals surface area contributed by atoms with Crippen molar-refractivity contribution in [2.45, 2.75) is 51.1 Å². The summed E-state index contributed by atoms with van der Waals surface area (Å²) in [4.78, 5) is 22.8. The SMILES string of the molecule is C[C@H](NC(=O)NC1CCCCC1)c1ccc(NC(N)=O)cc1. The summed E-state index contributed by atoms with van der Waals surface area (Å²) in [6, 6.07) is 6.71. The van der Waals surface area contributed by atoms with Crippen molar-refractivity contribution in [3.63, 3.8) is 0 Å². The third-order valence-electron chi connectivity index (χ3n) is 3.97. The first-order valence-electron chi connectivity index (χ1n) is 7.78. The first-order chi connectivity index (χ1) is 10.5. The monoisotopic (exact) mass is 304 g/mol. The van der Waals surface area contributed by atoms with Crippen LogP contribution in [0.15, 0.2) is 24.3 Å². The molecule has 0 saturated heterocycles. The van der Waals surface area contributed by atoms with E-state index < -0.39 is 6.03 Å².